The molecule has 3 aliphatic heterocycles. The van der Waals surface area contributed by atoms with E-state index >= 15 is 0 Å². The summed E-state index contributed by atoms with van der Waals surface area (Å²) in [6.45, 7) is 15.5. The van der Waals surface area contributed by atoms with E-state index in [1.807, 2.05) is 33.0 Å². The molecule has 3 heterocycles. The van der Waals surface area contributed by atoms with Gasteiger partial charge in [-0.3, -0.25) is 14.4 Å². The zero-order valence-corrected chi connectivity index (χ0v) is 30.8. The molecule has 1 amide bonds. The number of aliphatic hydroxyl groups is 1. The average molecular weight is 705 g/mol. The molecule has 0 radical (unpaired) electrons. The summed E-state index contributed by atoms with van der Waals surface area (Å²) in [4.78, 5) is 36.3. The summed E-state index contributed by atoms with van der Waals surface area (Å²) in [6.07, 6.45) is 10.5. The fourth-order valence-electron chi connectivity index (χ4n) is 6.26. The lowest BCUT2D eigenvalue weighted by atomic mass is 9.86. The van der Waals surface area contributed by atoms with Gasteiger partial charge in [0.25, 0.3) is 0 Å². The summed E-state index contributed by atoms with van der Waals surface area (Å²) in [5, 5.41) is 17.0. The molecular formula is C38H60N2O10. The van der Waals surface area contributed by atoms with E-state index in [1.54, 1.807) is 13.0 Å². The second kappa shape index (κ2) is 20.8. The normalized spacial score (nSPS) is 30.4. The highest BCUT2D eigenvalue weighted by atomic mass is 16.6. The quantitative estimate of drug-likeness (QED) is 0.0525. The van der Waals surface area contributed by atoms with Gasteiger partial charge in [-0.05, 0) is 52.0 Å². The molecule has 0 aromatic heterocycles. The van der Waals surface area contributed by atoms with Crippen molar-refractivity contribution in [3.63, 3.8) is 0 Å². The molecule has 0 bridgehead atoms. The van der Waals surface area contributed by atoms with Crippen LogP contribution in [0.1, 0.15) is 79.6 Å². The van der Waals surface area contributed by atoms with Gasteiger partial charge < -0.3 is 44.2 Å². The first-order valence-electron chi connectivity index (χ1n) is 18.0. The summed E-state index contributed by atoms with van der Waals surface area (Å²) in [7, 11) is 1.84. The number of esters is 1. The lowest BCUT2D eigenvalue weighted by molar-refractivity contribution is -0.144. The van der Waals surface area contributed by atoms with Crippen molar-refractivity contribution in [1.82, 2.24) is 10.6 Å². The Bertz CT molecular complexity index is 1210. The molecule has 3 rings (SSSR count). The highest BCUT2D eigenvalue weighted by Gasteiger charge is 2.58. The molecule has 3 N–H and O–H groups in total. The van der Waals surface area contributed by atoms with Crippen LogP contribution in [0.25, 0.3) is 0 Å². The molecular weight excluding hydrogens is 644 g/mol. The van der Waals surface area contributed by atoms with Crippen LogP contribution in [-0.2, 0) is 42.8 Å². The molecule has 0 aromatic rings. The van der Waals surface area contributed by atoms with Gasteiger partial charge in [0.15, 0.2) is 0 Å². The highest BCUT2D eigenvalue weighted by Crippen LogP contribution is 2.43. The number of hydrogen-bond acceptors (Lipinski definition) is 11. The van der Waals surface area contributed by atoms with Gasteiger partial charge in [0.1, 0.15) is 29.7 Å². The van der Waals surface area contributed by atoms with Gasteiger partial charge in [0.2, 0.25) is 5.91 Å². The minimum Gasteiger partial charge on any atom is -0.459 e. The second-order valence-electron chi connectivity index (χ2n) is 13.8. The van der Waals surface area contributed by atoms with E-state index in [0.717, 1.165) is 24.1 Å². The Morgan fingerprint density at radius 3 is 2.46 bits per heavy atom. The fourth-order valence-corrected chi connectivity index (χ4v) is 6.26. The Balaban J connectivity index is 1.39. The predicted molar refractivity (Wildman–Crippen MR) is 189 cm³/mol. The van der Waals surface area contributed by atoms with E-state index < -0.39 is 29.9 Å². The van der Waals surface area contributed by atoms with Crippen LogP contribution in [0.5, 0.6) is 0 Å². The molecule has 3 saturated heterocycles. The predicted octanol–water partition coefficient (Wildman–Crippen LogP) is 3.87. The number of aliphatic hydroxyl groups excluding tert-OH is 1. The lowest BCUT2D eigenvalue weighted by Crippen LogP contribution is -2.50. The smallest absolute Gasteiger partial charge is 0.303 e. The largest absolute Gasteiger partial charge is 0.459 e. The van der Waals surface area contributed by atoms with Crippen LogP contribution in [0, 0.1) is 5.92 Å². The molecule has 0 aromatic carbocycles. The summed E-state index contributed by atoms with van der Waals surface area (Å²) in [6, 6.07) is -0.132. The molecule has 3 aliphatic rings. The number of carbonyl (C=O) groups excluding carboxylic acids is 3. The number of ketones is 1. The van der Waals surface area contributed by atoms with Gasteiger partial charge >= 0.3 is 5.97 Å². The summed E-state index contributed by atoms with van der Waals surface area (Å²) >= 11 is 0. The van der Waals surface area contributed by atoms with Gasteiger partial charge in [-0.2, -0.15) is 0 Å². The van der Waals surface area contributed by atoms with Gasteiger partial charge in [-0.15, -0.1) is 0 Å². The first kappa shape index (κ1) is 41.5. The van der Waals surface area contributed by atoms with E-state index in [4.69, 9.17) is 28.4 Å². The number of hydrogen-bond donors (Lipinski definition) is 3. The number of amides is 1. The topological polar surface area (TPSA) is 154 Å². The zero-order valence-electron chi connectivity index (χ0n) is 30.8. The Morgan fingerprint density at radius 2 is 1.78 bits per heavy atom. The van der Waals surface area contributed by atoms with E-state index in [9.17, 15) is 19.5 Å². The van der Waals surface area contributed by atoms with Crippen molar-refractivity contribution in [2.24, 2.45) is 5.92 Å². The van der Waals surface area contributed by atoms with E-state index in [2.05, 4.69) is 30.2 Å². The van der Waals surface area contributed by atoms with Crippen molar-refractivity contribution in [2.45, 2.75) is 128 Å². The third kappa shape index (κ3) is 14.4. The number of epoxide rings is 1. The van der Waals surface area contributed by atoms with Crippen LogP contribution in [-0.4, -0.2) is 111 Å². The third-order valence-electron chi connectivity index (χ3n) is 9.40. The van der Waals surface area contributed by atoms with Gasteiger partial charge in [0.05, 0.1) is 50.8 Å². The van der Waals surface area contributed by atoms with Crippen molar-refractivity contribution in [3.05, 3.63) is 48.2 Å². The maximum Gasteiger partial charge on any atom is 0.303 e. The van der Waals surface area contributed by atoms with Crippen LogP contribution in [0.2, 0.25) is 0 Å². The minimum absolute atomic E-state index is 0.0102. The molecule has 0 unspecified atom stereocenters. The maximum atomic E-state index is 12.8. The van der Waals surface area contributed by atoms with E-state index in [1.165, 1.54) is 13.0 Å². The SMILES string of the molecule is C=C(CCOCCOCCCC(=O)C[C@@H]1C[C@@]2(CO2)[C@H](O)[C@@H](/C=C/C(C)=C/C[C@@H]2O[C@H](C)[C@H](NC(=O)/C=C\[C@H](C)OC(C)=O)C[C@@H]2C)O1)NC. The summed E-state index contributed by atoms with van der Waals surface area (Å²) in [5.74, 6) is -0.332. The van der Waals surface area contributed by atoms with E-state index in [0.29, 0.717) is 58.7 Å². The first-order valence-corrected chi connectivity index (χ1v) is 18.0. The third-order valence-corrected chi connectivity index (χ3v) is 9.40. The number of ether oxygens (including phenoxy) is 6. The molecule has 0 saturated carbocycles. The van der Waals surface area contributed by atoms with Crippen molar-refractivity contribution >= 4 is 17.7 Å². The Labute approximate surface area is 298 Å². The highest BCUT2D eigenvalue weighted by molar-refractivity contribution is 5.87. The number of rotatable bonds is 21. The number of allylic oxidation sites excluding steroid dienone is 2. The van der Waals surface area contributed by atoms with Crippen molar-refractivity contribution in [2.75, 3.05) is 40.1 Å². The molecule has 282 valence electrons. The number of nitrogens with one attached hydrogen (secondary N) is 2. The standard InChI is InChI=1S/C38H60N2O10/c1-25(10-13-34-26(2)21-33(29(5)49-34)40-36(43)15-12-28(4)48-30(6)41)11-14-35-37(44)38(24-47-38)23-32(50-35)22-31(42)9-8-17-45-19-20-46-18-16-27(3)39-7/h10-12,14-15,26,28-29,32-35,37,39,44H,3,8-9,13,16-24H2,1-2,4-7H3,(H,40,43)/b14-11+,15-12-,25-10+/t26-,28-,29+,32+,33+,34-,35+,37+,38+/m0/s1. The van der Waals surface area contributed by atoms with Gasteiger partial charge in [-0.1, -0.05) is 37.3 Å². The van der Waals surface area contributed by atoms with Gasteiger partial charge in [-0.25, -0.2) is 0 Å². The molecule has 12 heteroatoms. The molecule has 3 fully saturated rings. The summed E-state index contributed by atoms with van der Waals surface area (Å²) < 4.78 is 34.3. The molecule has 9 atom stereocenters. The summed E-state index contributed by atoms with van der Waals surface area (Å²) in [5.41, 5.74) is 1.29. The Kier molecular flexibility index (Phi) is 17.3. The van der Waals surface area contributed by atoms with Crippen LogP contribution in [0.4, 0.5) is 0 Å². The number of carbonyl (C=O) groups is 3. The lowest BCUT2D eigenvalue weighted by Gasteiger charge is -2.39. The molecule has 0 aliphatic carbocycles. The average Bonchev–Trinajstić information content (AvgIpc) is 3.84. The van der Waals surface area contributed by atoms with Crippen LogP contribution >= 0.6 is 0 Å². The Hall–Kier alpha value is -2.87. The van der Waals surface area contributed by atoms with Crippen LogP contribution in [0.3, 0.4) is 0 Å². The second-order valence-corrected chi connectivity index (χ2v) is 13.8. The fraction of sp³-hybridized carbons (Fsp3) is 0.711. The van der Waals surface area contributed by atoms with Gasteiger partial charge in [0, 0.05) is 58.0 Å². The van der Waals surface area contributed by atoms with E-state index in [-0.39, 0.29) is 48.4 Å². The molecule has 50 heavy (non-hydrogen) atoms. The van der Waals surface area contributed by atoms with Crippen molar-refractivity contribution in [3.8, 4) is 0 Å². The van der Waals surface area contributed by atoms with Crippen LogP contribution in [0.15, 0.2) is 48.2 Å². The molecule has 1 spiro atoms. The number of Topliss-reactive ketones (excluding diaryl/α,β-unsaturated/α-hetero) is 1. The minimum atomic E-state index is -0.806. The monoisotopic (exact) mass is 704 g/mol. The molecule has 12 nitrogen and oxygen atoms in total. The van der Waals surface area contributed by atoms with Crippen molar-refractivity contribution < 1.29 is 47.9 Å². The first-order chi connectivity index (χ1) is 23.8. The Morgan fingerprint density at radius 1 is 1.06 bits per heavy atom. The van der Waals surface area contributed by atoms with Crippen molar-refractivity contribution in [1.29, 1.82) is 0 Å². The van der Waals surface area contributed by atoms with Crippen LogP contribution < -0.4 is 10.6 Å². The zero-order chi connectivity index (χ0) is 36.7. The maximum absolute atomic E-state index is 12.8.